The van der Waals surface area contributed by atoms with Gasteiger partial charge in [0.15, 0.2) is 0 Å². The first kappa shape index (κ1) is 14.1. The molecule has 2 aromatic rings. The predicted molar refractivity (Wildman–Crippen MR) is 68.7 cm³/mol. The third kappa shape index (κ3) is 3.17. The normalized spacial score (nSPS) is 10.4. The van der Waals surface area contributed by atoms with E-state index in [1.54, 1.807) is 6.92 Å². The minimum absolute atomic E-state index is 0.0538. The van der Waals surface area contributed by atoms with Crippen LogP contribution in [0.25, 0.3) is 0 Å². The highest BCUT2D eigenvalue weighted by atomic mass is 19.1. The van der Waals surface area contributed by atoms with Crippen molar-refractivity contribution in [2.45, 2.75) is 13.5 Å². The minimum atomic E-state index is -0.595. The lowest BCUT2D eigenvalue weighted by Crippen LogP contribution is -2.24. The van der Waals surface area contributed by atoms with E-state index in [0.717, 1.165) is 18.2 Å². The molecule has 0 aromatic heterocycles. The Balaban J connectivity index is 2.10. The lowest BCUT2D eigenvalue weighted by atomic mass is 10.1. The summed E-state index contributed by atoms with van der Waals surface area (Å²) in [4.78, 5) is 11.9. The average Bonchev–Trinajstić information content (AvgIpc) is 2.39. The Morgan fingerprint density at radius 2 is 1.70 bits per heavy atom. The Morgan fingerprint density at radius 1 is 1.05 bits per heavy atom. The third-order valence-corrected chi connectivity index (χ3v) is 2.88. The van der Waals surface area contributed by atoms with Crippen molar-refractivity contribution < 1.29 is 18.0 Å². The maximum absolute atomic E-state index is 13.4. The molecule has 0 saturated heterocycles. The maximum Gasteiger partial charge on any atom is 0.251 e. The SMILES string of the molecule is Cc1cc(F)ccc1C(=O)NCc1cc(F)ccc1F. The number of hydrogen-bond acceptors (Lipinski definition) is 1. The molecular weight excluding hydrogens is 267 g/mol. The largest absolute Gasteiger partial charge is 0.348 e. The predicted octanol–water partition coefficient (Wildman–Crippen LogP) is 3.34. The van der Waals surface area contributed by atoms with Gasteiger partial charge in [0, 0.05) is 17.7 Å². The molecule has 0 atom stereocenters. The molecule has 0 unspecified atom stereocenters. The van der Waals surface area contributed by atoms with Crippen LogP contribution in [0, 0.1) is 24.4 Å². The van der Waals surface area contributed by atoms with Gasteiger partial charge in [0.05, 0.1) is 0 Å². The number of hydrogen-bond donors (Lipinski definition) is 1. The van der Waals surface area contributed by atoms with Crippen molar-refractivity contribution in [1.82, 2.24) is 5.32 Å². The minimum Gasteiger partial charge on any atom is -0.348 e. The van der Waals surface area contributed by atoms with Crippen LogP contribution in [-0.2, 0) is 6.54 Å². The second-order valence-electron chi connectivity index (χ2n) is 4.38. The van der Waals surface area contributed by atoms with E-state index in [9.17, 15) is 18.0 Å². The number of amides is 1. The van der Waals surface area contributed by atoms with Gasteiger partial charge in [0.1, 0.15) is 17.5 Å². The van der Waals surface area contributed by atoms with Crippen molar-refractivity contribution in [2.75, 3.05) is 0 Å². The number of carbonyl (C=O) groups excluding carboxylic acids is 1. The van der Waals surface area contributed by atoms with Crippen LogP contribution in [0.5, 0.6) is 0 Å². The molecule has 1 amide bonds. The van der Waals surface area contributed by atoms with Crippen LogP contribution in [0.2, 0.25) is 0 Å². The van der Waals surface area contributed by atoms with Crippen LogP contribution in [0.15, 0.2) is 36.4 Å². The zero-order chi connectivity index (χ0) is 14.7. The first-order chi connectivity index (χ1) is 9.47. The van der Waals surface area contributed by atoms with Gasteiger partial charge >= 0.3 is 0 Å². The smallest absolute Gasteiger partial charge is 0.251 e. The second kappa shape index (κ2) is 5.77. The number of aryl methyl sites for hydroxylation is 1. The van der Waals surface area contributed by atoms with Crippen LogP contribution < -0.4 is 5.32 Å². The van der Waals surface area contributed by atoms with Crippen molar-refractivity contribution in [3.05, 3.63) is 70.5 Å². The Morgan fingerprint density at radius 3 is 2.40 bits per heavy atom. The topological polar surface area (TPSA) is 29.1 Å². The lowest BCUT2D eigenvalue weighted by Gasteiger charge is -2.08. The van der Waals surface area contributed by atoms with Crippen LogP contribution in [0.3, 0.4) is 0 Å². The third-order valence-electron chi connectivity index (χ3n) is 2.88. The zero-order valence-corrected chi connectivity index (χ0v) is 10.7. The number of nitrogens with one attached hydrogen (secondary N) is 1. The van der Waals surface area contributed by atoms with Crippen molar-refractivity contribution >= 4 is 5.91 Å². The quantitative estimate of drug-likeness (QED) is 0.917. The highest BCUT2D eigenvalue weighted by Gasteiger charge is 2.11. The molecule has 20 heavy (non-hydrogen) atoms. The van der Waals surface area contributed by atoms with Gasteiger partial charge in [0.2, 0.25) is 0 Å². The summed E-state index contributed by atoms with van der Waals surface area (Å²) in [6, 6.07) is 6.78. The molecule has 104 valence electrons. The molecule has 0 fully saturated rings. The standard InChI is InChI=1S/C15H12F3NO/c1-9-6-11(16)2-4-13(9)15(20)19-8-10-7-12(17)3-5-14(10)18/h2-7H,8H2,1H3,(H,19,20). The number of benzene rings is 2. The summed E-state index contributed by atoms with van der Waals surface area (Å²) in [7, 11) is 0. The van der Waals surface area contributed by atoms with Crippen molar-refractivity contribution in [2.24, 2.45) is 0 Å². The Kier molecular flexibility index (Phi) is 4.08. The molecule has 0 aliphatic heterocycles. The summed E-state index contributed by atoms with van der Waals surface area (Å²) >= 11 is 0. The molecule has 0 saturated carbocycles. The Hall–Kier alpha value is -2.30. The van der Waals surface area contributed by atoms with E-state index in [0.29, 0.717) is 11.1 Å². The van der Waals surface area contributed by atoms with Crippen molar-refractivity contribution in [3.63, 3.8) is 0 Å². The highest BCUT2D eigenvalue weighted by molar-refractivity contribution is 5.95. The lowest BCUT2D eigenvalue weighted by molar-refractivity contribution is 0.0950. The number of rotatable bonds is 3. The molecule has 0 bridgehead atoms. The van der Waals surface area contributed by atoms with Crippen LogP contribution >= 0.6 is 0 Å². The molecular formula is C15H12F3NO. The van der Waals surface area contributed by atoms with Crippen molar-refractivity contribution in [3.8, 4) is 0 Å². The summed E-state index contributed by atoms with van der Waals surface area (Å²) < 4.78 is 39.3. The van der Waals surface area contributed by atoms with Gasteiger partial charge in [-0.15, -0.1) is 0 Å². The van der Waals surface area contributed by atoms with Crippen molar-refractivity contribution in [1.29, 1.82) is 0 Å². The molecule has 5 heteroatoms. The number of carbonyl (C=O) groups is 1. The second-order valence-corrected chi connectivity index (χ2v) is 4.38. The zero-order valence-electron chi connectivity index (χ0n) is 10.7. The van der Waals surface area contributed by atoms with Gasteiger partial charge in [-0.2, -0.15) is 0 Å². The summed E-state index contributed by atoms with van der Waals surface area (Å²) in [5, 5.41) is 2.48. The van der Waals surface area contributed by atoms with E-state index in [-0.39, 0.29) is 12.1 Å². The Bertz CT molecular complexity index is 656. The van der Waals surface area contributed by atoms with E-state index in [1.165, 1.54) is 18.2 Å². The molecule has 2 nitrogen and oxygen atoms in total. The maximum atomic E-state index is 13.4. The molecule has 2 rings (SSSR count). The van der Waals surface area contributed by atoms with E-state index >= 15 is 0 Å². The summed E-state index contributed by atoms with van der Waals surface area (Å²) in [5.41, 5.74) is 0.823. The van der Waals surface area contributed by atoms with Gasteiger partial charge in [-0.05, 0) is 48.9 Å². The molecule has 0 aliphatic carbocycles. The molecule has 0 radical (unpaired) electrons. The monoisotopic (exact) mass is 279 g/mol. The first-order valence-corrected chi connectivity index (χ1v) is 5.95. The van der Waals surface area contributed by atoms with Gasteiger partial charge in [-0.25, -0.2) is 13.2 Å². The van der Waals surface area contributed by atoms with E-state index in [1.807, 2.05) is 0 Å². The fraction of sp³-hybridized carbons (Fsp3) is 0.133. The molecule has 0 heterocycles. The first-order valence-electron chi connectivity index (χ1n) is 5.95. The van der Waals surface area contributed by atoms with Gasteiger partial charge < -0.3 is 5.32 Å². The molecule has 1 N–H and O–H groups in total. The van der Waals surface area contributed by atoms with E-state index < -0.39 is 23.4 Å². The van der Waals surface area contributed by atoms with Crippen LogP contribution in [0.4, 0.5) is 13.2 Å². The average molecular weight is 279 g/mol. The van der Waals surface area contributed by atoms with Gasteiger partial charge in [-0.3, -0.25) is 4.79 Å². The van der Waals surface area contributed by atoms with E-state index in [4.69, 9.17) is 0 Å². The molecule has 0 aliphatic rings. The summed E-state index contributed by atoms with van der Waals surface area (Å²) in [6.07, 6.45) is 0. The molecule has 2 aromatic carbocycles. The van der Waals surface area contributed by atoms with E-state index in [2.05, 4.69) is 5.32 Å². The van der Waals surface area contributed by atoms with Crippen LogP contribution in [0.1, 0.15) is 21.5 Å². The number of halogens is 3. The van der Waals surface area contributed by atoms with Gasteiger partial charge in [0.25, 0.3) is 5.91 Å². The summed E-state index contributed by atoms with van der Waals surface area (Å²) in [6.45, 7) is 1.46. The fourth-order valence-corrected chi connectivity index (χ4v) is 1.83. The highest BCUT2D eigenvalue weighted by Crippen LogP contribution is 2.12. The Labute approximate surface area is 114 Å². The fourth-order valence-electron chi connectivity index (χ4n) is 1.83. The van der Waals surface area contributed by atoms with Crippen LogP contribution in [-0.4, -0.2) is 5.91 Å². The summed E-state index contributed by atoms with van der Waals surface area (Å²) in [5.74, 6) is -2.07. The molecule has 0 spiro atoms. The van der Waals surface area contributed by atoms with Gasteiger partial charge in [-0.1, -0.05) is 0 Å².